The molecule has 106 valence electrons. The minimum atomic E-state index is -0.417. The Morgan fingerprint density at radius 2 is 2.35 bits per heavy atom. The minimum Gasteiger partial charge on any atom is -0.366 e. The van der Waals surface area contributed by atoms with Gasteiger partial charge in [0.1, 0.15) is 5.52 Å². The average molecular weight is 272 g/mol. The lowest BCUT2D eigenvalue weighted by Gasteiger charge is -2.31. The number of hydrogen-bond donors (Lipinski definition) is 1. The van der Waals surface area contributed by atoms with Crippen LogP contribution in [0.1, 0.15) is 36.2 Å². The van der Waals surface area contributed by atoms with E-state index in [1.165, 1.54) is 13.0 Å². The number of likely N-dealkylation sites (tertiary alicyclic amines) is 1. The number of hydrogen-bond acceptors (Lipinski definition) is 3. The van der Waals surface area contributed by atoms with Gasteiger partial charge in [-0.3, -0.25) is 9.48 Å². The van der Waals surface area contributed by atoms with Gasteiger partial charge in [0.25, 0.3) is 5.91 Å². The van der Waals surface area contributed by atoms with E-state index in [9.17, 15) is 4.79 Å². The van der Waals surface area contributed by atoms with Gasteiger partial charge in [0.05, 0.1) is 11.6 Å². The zero-order valence-electron chi connectivity index (χ0n) is 11.7. The molecule has 2 N–H and O–H groups in total. The van der Waals surface area contributed by atoms with Crippen molar-refractivity contribution in [1.82, 2.24) is 14.7 Å². The largest absolute Gasteiger partial charge is 0.366 e. The summed E-state index contributed by atoms with van der Waals surface area (Å²) in [5.74, 6) is -0.417. The van der Waals surface area contributed by atoms with Crippen LogP contribution in [0.2, 0.25) is 0 Å². The molecule has 1 aliphatic rings. The topological polar surface area (TPSA) is 64.2 Å². The molecule has 2 heterocycles. The number of nitrogens with two attached hydrogens (primary N) is 1. The average Bonchev–Trinajstić information content (AvgIpc) is 2.91. The van der Waals surface area contributed by atoms with Crippen LogP contribution in [0.4, 0.5) is 0 Å². The molecule has 20 heavy (non-hydrogen) atoms. The summed E-state index contributed by atoms with van der Waals surface area (Å²) in [5.41, 5.74) is 6.64. The number of fused-ring (bicyclic) bond motifs is 1. The molecule has 5 heteroatoms. The Hall–Kier alpha value is -1.88. The van der Waals surface area contributed by atoms with Crippen molar-refractivity contribution < 1.29 is 4.79 Å². The second-order valence-corrected chi connectivity index (χ2v) is 5.41. The van der Waals surface area contributed by atoms with Crippen molar-refractivity contribution >= 4 is 16.8 Å². The summed E-state index contributed by atoms with van der Waals surface area (Å²) in [4.78, 5) is 13.9. The molecule has 0 saturated carbocycles. The van der Waals surface area contributed by atoms with Crippen LogP contribution >= 0.6 is 0 Å². The van der Waals surface area contributed by atoms with E-state index in [1.54, 1.807) is 6.07 Å². The van der Waals surface area contributed by atoms with Gasteiger partial charge in [0, 0.05) is 18.1 Å². The van der Waals surface area contributed by atoms with Crippen LogP contribution in [0.5, 0.6) is 0 Å². The fraction of sp³-hybridized carbons (Fsp3) is 0.467. The van der Waals surface area contributed by atoms with E-state index in [-0.39, 0.29) is 0 Å². The summed E-state index contributed by atoms with van der Waals surface area (Å²) in [6.07, 6.45) is 4.36. The lowest BCUT2D eigenvalue weighted by molar-refractivity contribution is 0.100. The van der Waals surface area contributed by atoms with Gasteiger partial charge in [0.15, 0.2) is 0 Å². The van der Waals surface area contributed by atoms with Gasteiger partial charge in [0.2, 0.25) is 0 Å². The van der Waals surface area contributed by atoms with Crippen molar-refractivity contribution in [1.29, 1.82) is 0 Å². The first-order chi connectivity index (χ1) is 9.69. The SMILES string of the molecule is CCN1CCCC(n2cc3cccc(C(N)=O)c3n2)C1. The summed E-state index contributed by atoms with van der Waals surface area (Å²) < 4.78 is 2.01. The Bertz CT molecular complexity index is 634. The molecule has 1 amide bonds. The fourth-order valence-corrected chi connectivity index (χ4v) is 2.98. The normalized spacial score (nSPS) is 20.4. The van der Waals surface area contributed by atoms with E-state index in [2.05, 4.69) is 16.9 Å². The van der Waals surface area contributed by atoms with E-state index in [0.29, 0.717) is 17.1 Å². The predicted octanol–water partition coefficient (Wildman–Crippen LogP) is 1.79. The molecule has 1 atom stereocenters. The molecule has 2 aromatic rings. The van der Waals surface area contributed by atoms with Crippen molar-refractivity contribution in [2.45, 2.75) is 25.8 Å². The third-order valence-electron chi connectivity index (χ3n) is 4.12. The van der Waals surface area contributed by atoms with Crippen LogP contribution in [0, 0.1) is 0 Å². The molecule has 5 nitrogen and oxygen atoms in total. The first kappa shape index (κ1) is 13.1. The van der Waals surface area contributed by atoms with Gasteiger partial charge >= 0.3 is 0 Å². The number of benzene rings is 1. The third kappa shape index (κ3) is 2.29. The lowest BCUT2D eigenvalue weighted by Crippen LogP contribution is -2.36. The molecule has 0 radical (unpaired) electrons. The molecule has 1 saturated heterocycles. The second-order valence-electron chi connectivity index (χ2n) is 5.41. The highest BCUT2D eigenvalue weighted by Crippen LogP contribution is 2.24. The molecule has 1 unspecified atom stereocenters. The molecular weight excluding hydrogens is 252 g/mol. The molecule has 0 bridgehead atoms. The first-order valence-electron chi connectivity index (χ1n) is 7.19. The standard InChI is InChI=1S/C15H20N4O/c1-2-18-8-4-6-12(10-18)19-9-11-5-3-7-13(15(16)20)14(11)17-19/h3,5,7,9,12H,2,4,6,8,10H2,1H3,(H2,16,20). The van der Waals surface area contributed by atoms with Crippen molar-refractivity contribution in [2.75, 3.05) is 19.6 Å². The molecule has 1 aromatic carbocycles. The van der Waals surface area contributed by atoms with Gasteiger partial charge in [-0.2, -0.15) is 5.10 Å². The summed E-state index contributed by atoms with van der Waals surface area (Å²) in [6.45, 7) is 5.45. The van der Waals surface area contributed by atoms with Crippen LogP contribution in [0.3, 0.4) is 0 Å². The maximum absolute atomic E-state index is 11.5. The zero-order valence-corrected chi connectivity index (χ0v) is 11.7. The molecular formula is C15H20N4O. The van der Waals surface area contributed by atoms with Gasteiger partial charge in [-0.1, -0.05) is 19.1 Å². The lowest BCUT2D eigenvalue weighted by atomic mass is 10.1. The highest BCUT2D eigenvalue weighted by atomic mass is 16.1. The smallest absolute Gasteiger partial charge is 0.250 e. The monoisotopic (exact) mass is 272 g/mol. The quantitative estimate of drug-likeness (QED) is 0.926. The number of aromatic nitrogens is 2. The number of likely N-dealkylation sites (N-methyl/N-ethyl adjacent to an activating group) is 1. The third-order valence-corrected chi connectivity index (χ3v) is 4.12. The van der Waals surface area contributed by atoms with E-state index in [0.717, 1.165) is 24.9 Å². The molecule has 3 rings (SSSR count). The van der Waals surface area contributed by atoms with Crippen molar-refractivity contribution in [3.8, 4) is 0 Å². The molecule has 1 aromatic heterocycles. The Morgan fingerprint density at radius 3 is 3.10 bits per heavy atom. The number of carbonyl (C=O) groups excluding carboxylic acids is 1. The second kappa shape index (κ2) is 5.25. The maximum Gasteiger partial charge on any atom is 0.250 e. The van der Waals surface area contributed by atoms with Crippen LogP contribution < -0.4 is 5.73 Å². The van der Waals surface area contributed by atoms with Gasteiger partial charge < -0.3 is 10.6 Å². The Balaban J connectivity index is 1.96. The number of piperidine rings is 1. The molecule has 0 spiro atoms. The molecule has 1 aliphatic heterocycles. The van der Waals surface area contributed by atoms with Crippen LogP contribution in [0.25, 0.3) is 10.9 Å². The summed E-state index contributed by atoms with van der Waals surface area (Å²) in [5, 5.41) is 5.60. The summed E-state index contributed by atoms with van der Waals surface area (Å²) in [7, 11) is 0. The molecule has 0 aliphatic carbocycles. The van der Waals surface area contributed by atoms with Gasteiger partial charge in [-0.25, -0.2) is 0 Å². The number of primary amides is 1. The van der Waals surface area contributed by atoms with Gasteiger partial charge in [-0.15, -0.1) is 0 Å². The van der Waals surface area contributed by atoms with Crippen LogP contribution in [-0.4, -0.2) is 40.2 Å². The Labute approximate surface area is 118 Å². The van der Waals surface area contributed by atoms with Crippen molar-refractivity contribution in [3.05, 3.63) is 30.0 Å². The number of nitrogens with zero attached hydrogens (tertiary/aromatic N) is 3. The predicted molar refractivity (Wildman–Crippen MR) is 78.6 cm³/mol. The Kier molecular flexibility index (Phi) is 3.44. The zero-order chi connectivity index (χ0) is 14.1. The highest BCUT2D eigenvalue weighted by molar-refractivity contribution is 6.04. The number of carbonyl (C=O) groups is 1. The fourth-order valence-electron chi connectivity index (χ4n) is 2.98. The molecule has 1 fully saturated rings. The highest BCUT2D eigenvalue weighted by Gasteiger charge is 2.21. The first-order valence-corrected chi connectivity index (χ1v) is 7.19. The van der Waals surface area contributed by atoms with E-state index < -0.39 is 5.91 Å². The van der Waals surface area contributed by atoms with Crippen molar-refractivity contribution in [2.24, 2.45) is 5.73 Å². The van der Waals surface area contributed by atoms with E-state index in [4.69, 9.17) is 5.73 Å². The van der Waals surface area contributed by atoms with Crippen LogP contribution in [-0.2, 0) is 0 Å². The number of amides is 1. The van der Waals surface area contributed by atoms with Crippen LogP contribution in [0.15, 0.2) is 24.4 Å². The van der Waals surface area contributed by atoms with E-state index in [1.807, 2.05) is 23.0 Å². The summed E-state index contributed by atoms with van der Waals surface area (Å²) >= 11 is 0. The Morgan fingerprint density at radius 1 is 1.50 bits per heavy atom. The number of rotatable bonds is 3. The summed E-state index contributed by atoms with van der Waals surface area (Å²) in [6, 6.07) is 5.96. The maximum atomic E-state index is 11.5. The van der Waals surface area contributed by atoms with Crippen molar-refractivity contribution in [3.63, 3.8) is 0 Å². The van der Waals surface area contributed by atoms with E-state index >= 15 is 0 Å². The van der Waals surface area contributed by atoms with Gasteiger partial charge in [-0.05, 0) is 32.0 Å². The minimum absolute atomic E-state index is 0.386.